The van der Waals surface area contributed by atoms with Gasteiger partial charge in [-0.1, -0.05) is 39.0 Å². The van der Waals surface area contributed by atoms with Crippen LogP contribution in [0.25, 0.3) is 0 Å². The zero-order chi connectivity index (χ0) is 18.8. The summed E-state index contributed by atoms with van der Waals surface area (Å²) in [4.78, 5) is 16.4. The van der Waals surface area contributed by atoms with E-state index in [4.69, 9.17) is 5.73 Å². The number of nitrogen functional groups attached to an aromatic ring is 1. The first-order valence-corrected chi connectivity index (χ1v) is 9.26. The normalized spacial score (nSPS) is 13.2. The van der Waals surface area contributed by atoms with E-state index >= 15 is 0 Å². The van der Waals surface area contributed by atoms with Crippen molar-refractivity contribution >= 4 is 17.3 Å². The Bertz CT molecular complexity index is 766. The Morgan fingerprint density at radius 3 is 2.46 bits per heavy atom. The lowest BCUT2D eigenvalue weighted by Gasteiger charge is -2.10. The van der Waals surface area contributed by atoms with Crippen molar-refractivity contribution in [3.63, 3.8) is 0 Å². The van der Waals surface area contributed by atoms with Crippen LogP contribution in [0.5, 0.6) is 0 Å². The third-order valence-corrected chi connectivity index (χ3v) is 4.00. The summed E-state index contributed by atoms with van der Waals surface area (Å²) in [5.74, 6) is 6.30. The number of pyridine rings is 1. The van der Waals surface area contributed by atoms with Gasteiger partial charge in [-0.2, -0.15) is 0 Å². The summed E-state index contributed by atoms with van der Waals surface area (Å²) in [5.41, 5.74) is 8.62. The van der Waals surface area contributed by atoms with Crippen molar-refractivity contribution in [1.82, 2.24) is 4.98 Å². The summed E-state index contributed by atoms with van der Waals surface area (Å²) < 4.78 is 0. The molecule has 1 aliphatic rings. The third-order valence-electron chi connectivity index (χ3n) is 4.00. The number of anilines is 2. The average molecular weight is 349 g/mol. The Balaban J connectivity index is 0.000000758. The number of hydrogen-bond acceptors (Lipinski definition) is 3. The molecule has 26 heavy (non-hydrogen) atoms. The summed E-state index contributed by atoms with van der Waals surface area (Å²) in [6.45, 7) is 4.25. The highest BCUT2D eigenvalue weighted by Gasteiger charge is 2.22. The van der Waals surface area contributed by atoms with Crippen LogP contribution in [0.1, 0.15) is 57.2 Å². The second-order valence-electron chi connectivity index (χ2n) is 6.48. The molecule has 3 rings (SSSR count). The molecule has 1 aromatic carbocycles. The first-order chi connectivity index (χ1) is 12.6. The second kappa shape index (κ2) is 10.2. The van der Waals surface area contributed by atoms with Gasteiger partial charge in [0.1, 0.15) is 5.69 Å². The zero-order valence-corrected chi connectivity index (χ0v) is 15.6. The number of carbonyl (C=O) groups excluding carboxylic acids is 1. The minimum absolute atomic E-state index is 0.103. The first-order valence-electron chi connectivity index (χ1n) is 9.26. The summed E-state index contributed by atoms with van der Waals surface area (Å²) in [7, 11) is 0. The van der Waals surface area contributed by atoms with E-state index < -0.39 is 0 Å². The molecule has 136 valence electrons. The van der Waals surface area contributed by atoms with Crippen molar-refractivity contribution in [2.75, 3.05) is 11.1 Å². The van der Waals surface area contributed by atoms with Crippen LogP contribution < -0.4 is 11.1 Å². The Labute approximate surface area is 156 Å². The van der Waals surface area contributed by atoms with Gasteiger partial charge in [-0.05, 0) is 55.2 Å². The number of aromatic nitrogens is 1. The van der Waals surface area contributed by atoms with Crippen LogP contribution in [0.3, 0.4) is 0 Å². The van der Waals surface area contributed by atoms with E-state index in [2.05, 4.69) is 36.0 Å². The van der Waals surface area contributed by atoms with E-state index in [9.17, 15) is 4.79 Å². The molecule has 0 atom stereocenters. The summed E-state index contributed by atoms with van der Waals surface area (Å²) >= 11 is 0. The van der Waals surface area contributed by atoms with Gasteiger partial charge in [0.15, 0.2) is 0 Å². The summed E-state index contributed by atoms with van der Waals surface area (Å²) in [6.07, 6.45) is 7.18. The van der Waals surface area contributed by atoms with Gasteiger partial charge in [0.25, 0.3) is 0 Å². The van der Waals surface area contributed by atoms with Gasteiger partial charge in [0.05, 0.1) is 0 Å². The quantitative estimate of drug-likeness (QED) is 0.614. The largest absolute Gasteiger partial charge is 0.399 e. The number of nitrogens with two attached hydrogens (primary N) is 1. The number of carbonyl (C=O) groups is 1. The van der Waals surface area contributed by atoms with Crippen LogP contribution in [0.15, 0.2) is 42.6 Å². The zero-order valence-electron chi connectivity index (χ0n) is 15.6. The first kappa shape index (κ1) is 19.5. The highest BCUT2D eigenvalue weighted by molar-refractivity contribution is 5.92. The summed E-state index contributed by atoms with van der Waals surface area (Å²) in [5, 5.41) is 2.97. The van der Waals surface area contributed by atoms with E-state index in [1.807, 2.05) is 24.3 Å². The molecular formula is C22H27N3O. The fourth-order valence-corrected chi connectivity index (χ4v) is 2.71. The predicted molar refractivity (Wildman–Crippen MR) is 108 cm³/mol. The van der Waals surface area contributed by atoms with Crippen molar-refractivity contribution in [3.8, 4) is 11.8 Å². The highest BCUT2D eigenvalue weighted by atomic mass is 16.1. The third kappa shape index (κ3) is 6.25. The van der Waals surface area contributed by atoms with Gasteiger partial charge in [-0.25, -0.2) is 4.98 Å². The van der Waals surface area contributed by atoms with E-state index in [1.54, 1.807) is 18.3 Å². The van der Waals surface area contributed by atoms with Crippen LogP contribution in [0, 0.1) is 17.8 Å². The molecule has 1 fully saturated rings. The number of nitrogens with one attached hydrogen (secondary N) is 1. The molecule has 0 bridgehead atoms. The minimum Gasteiger partial charge on any atom is -0.399 e. The molecule has 1 saturated carbocycles. The van der Waals surface area contributed by atoms with E-state index in [-0.39, 0.29) is 11.8 Å². The van der Waals surface area contributed by atoms with Gasteiger partial charge in [-0.3, -0.25) is 4.79 Å². The molecular weight excluding hydrogens is 322 g/mol. The van der Waals surface area contributed by atoms with E-state index in [1.165, 1.54) is 6.42 Å². The maximum Gasteiger partial charge on any atom is 0.227 e. The molecule has 0 unspecified atom stereocenters. The molecule has 4 nitrogen and oxygen atoms in total. The fourth-order valence-electron chi connectivity index (χ4n) is 2.71. The van der Waals surface area contributed by atoms with Crippen molar-refractivity contribution in [2.24, 2.45) is 5.92 Å². The van der Waals surface area contributed by atoms with Crippen LogP contribution in [-0.2, 0) is 4.79 Å². The Kier molecular flexibility index (Phi) is 7.70. The van der Waals surface area contributed by atoms with Crippen LogP contribution in [0.2, 0.25) is 0 Å². The van der Waals surface area contributed by atoms with Crippen molar-refractivity contribution < 1.29 is 4.79 Å². The lowest BCUT2D eigenvalue weighted by atomic mass is 10.1. The molecule has 0 aliphatic heterocycles. The van der Waals surface area contributed by atoms with E-state index in [0.717, 1.165) is 36.9 Å². The standard InChI is InChI=1S/C19H19N3O.C3H8/c20-16-8-5-14(6-9-16)7-10-17-13-18(11-12-21-17)22-19(23)15-3-1-2-4-15;1-3-2/h5-6,8-9,11-13,15H,1-4,20H2,(H,21,22,23);3H2,1-2H3. The minimum atomic E-state index is 0.103. The van der Waals surface area contributed by atoms with Gasteiger partial charge < -0.3 is 11.1 Å². The molecule has 3 N–H and O–H groups in total. The van der Waals surface area contributed by atoms with Gasteiger partial charge in [-0.15, -0.1) is 0 Å². The fraction of sp³-hybridized carbons (Fsp3) is 0.364. The molecule has 1 heterocycles. The van der Waals surface area contributed by atoms with Crippen LogP contribution in [-0.4, -0.2) is 10.9 Å². The highest BCUT2D eigenvalue weighted by Crippen LogP contribution is 2.26. The topological polar surface area (TPSA) is 68.0 Å². The SMILES string of the molecule is CCC.Nc1ccc(C#Cc2cc(NC(=O)C3CCCC3)ccn2)cc1. The number of nitrogens with zero attached hydrogens (tertiary/aromatic N) is 1. The second-order valence-corrected chi connectivity index (χ2v) is 6.48. The Morgan fingerprint density at radius 2 is 1.81 bits per heavy atom. The maximum absolute atomic E-state index is 12.2. The van der Waals surface area contributed by atoms with Gasteiger partial charge in [0, 0.05) is 29.1 Å². The molecule has 1 aromatic heterocycles. The Morgan fingerprint density at radius 1 is 1.15 bits per heavy atom. The number of amides is 1. The molecule has 1 aliphatic carbocycles. The molecule has 1 amide bonds. The molecule has 2 aromatic rings. The summed E-state index contributed by atoms with van der Waals surface area (Å²) in [6, 6.07) is 11.0. The number of hydrogen-bond donors (Lipinski definition) is 2. The lowest BCUT2D eigenvalue weighted by Crippen LogP contribution is -2.20. The number of benzene rings is 1. The van der Waals surface area contributed by atoms with Crippen molar-refractivity contribution in [1.29, 1.82) is 0 Å². The monoisotopic (exact) mass is 349 g/mol. The molecule has 0 saturated heterocycles. The van der Waals surface area contributed by atoms with Crippen molar-refractivity contribution in [2.45, 2.75) is 46.0 Å². The maximum atomic E-state index is 12.2. The number of rotatable bonds is 2. The van der Waals surface area contributed by atoms with Crippen molar-refractivity contribution in [3.05, 3.63) is 53.9 Å². The van der Waals surface area contributed by atoms with Gasteiger partial charge in [0.2, 0.25) is 5.91 Å². The Hall–Kier alpha value is -2.80. The molecule has 4 heteroatoms. The molecule has 0 radical (unpaired) electrons. The lowest BCUT2D eigenvalue weighted by molar-refractivity contribution is -0.119. The van der Waals surface area contributed by atoms with Gasteiger partial charge >= 0.3 is 0 Å². The molecule has 0 spiro atoms. The predicted octanol–water partition coefficient (Wildman–Crippen LogP) is 4.61. The van der Waals surface area contributed by atoms with Crippen LogP contribution >= 0.6 is 0 Å². The average Bonchev–Trinajstić information content (AvgIpc) is 3.17. The van der Waals surface area contributed by atoms with E-state index in [0.29, 0.717) is 11.4 Å². The smallest absolute Gasteiger partial charge is 0.227 e. The van der Waals surface area contributed by atoms with Crippen LogP contribution in [0.4, 0.5) is 11.4 Å².